The topological polar surface area (TPSA) is 263 Å². The highest BCUT2D eigenvalue weighted by Gasteiger charge is 2.34. The van der Waals surface area contributed by atoms with Crippen LogP contribution in [-0.4, -0.2) is 94.2 Å². The van der Waals surface area contributed by atoms with Gasteiger partial charge in [-0.25, -0.2) is 4.79 Å². The molecular formula is C25H46N6O9. The summed E-state index contributed by atoms with van der Waals surface area (Å²) in [4.78, 5) is 74.2. The van der Waals surface area contributed by atoms with Crippen LogP contribution in [0.4, 0.5) is 0 Å². The van der Waals surface area contributed by atoms with E-state index in [1.165, 1.54) is 0 Å². The number of carboxylic acid groups (broad SMARTS) is 2. The monoisotopic (exact) mass is 574 g/mol. The molecule has 11 N–H and O–H groups in total. The van der Waals surface area contributed by atoms with E-state index in [9.17, 15) is 33.9 Å². The number of aliphatic hydroxyl groups is 1. The molecule has 0 spiro atoms. The summed E-state index contributed by atoms with van der Waals surface area (Å²) in [5.41, 5.74) is 11.5. The number of carbonyl (C=O) groups excluding carboxylic acids is 4. The second-order valence-corrected chi connectivity index (χ2v) is 10.2. The minimum Gasteiger partial charge on any atom is -0.481 e. The van der Waals surface area contributed by atoms with Gasteiger partial charge in [-0.15, -0.1) is 0 Å². The van der Waals surface area contributed by atoms with E-state index in [0.717, 1.165) is 0 Å². The molecule has 230 valence electrons. The molecule has 0 heterocycles. The molecule has 0 aromatic heterocycles. The molecule has 0 aromatic rings. The maximum atomic E-state index is 13.3. The second-order valence-electron chi connectivity index (χ2n) is 10.2. The molecule has 6 atom stereocenters. The van der Waals surface area contributed by atoms with Crippen molar-refractivity contribution in [3.8, 4) is 0 Å². The van der Waals surface area contributed by atoms with E-state index in [4.69, 9.17) is 21.7 Å². The van der Waals surface area contributed by atoms with Crippen molar-refractivity contribution in [1.82, 2.24) is 21.3 Å². The summed E-state index contributed by atoms with van der Waals surface area (Å²) in [5, 5.41) is 36.9. The maximum Gasteiger partial charge on any atom is 0.328 e. The molecule has 0 bridgehead atoms. The number of aliphatic carboxylic acids is 2. The lowest BCUT2D eigenvalue weighted by Gasteiger charge is -2.28. The van der Waals surface area contributed by atoms with Crippen LogP contribution < -0.4 is 32.7 Å². The zero-order valence-corrected chi connectivity index (χ0v) is 23.6. The van der Waals surface area contributed by atoms with Crippen molar-refractivity contribution in [2.75, 3.05) is 13.2 Å². The Hall–Kier alpha value is -3.30. The average Bonchev–Trinajstić information content (AvgIpc) is 2.87. The van der Waals surface area contributed by atoms with E-state index < -0.39 is 84.7 Å². The summed E-state index contributed by atoms with van der Waals surface area (Å²) in [6.45, 7) is 6.62. The highest BCUT2D eigenvalue weighted by atomic mass is 16.4. The van der Waals surface area contributed by atoms with Crippen molar-refractivity contribution in [3.63, 3.8) is 0 Å². The lowest BCUT2D eigenvalue weighted by molar-refractivity contribution is -0.144. The van der Waals surface area contributed by atoms with Crippen molar-refractivity contribution in [2.45, 2.75) is 96.4 Å². The van der Waals surface area contributed by atoms with E-state index in [1.807, 2.05) is 19.2 Å². The highest BCUT2D eigenvalue weighted by molar-refractivity contribution is 5.96. The van der Waals surface area contributed by atoms with Crippen molar-refractivity contribution >= 4 is 35.6 Å². The van der Waals surface area contributed by atoms with Gasteiger partial charge in [0.2, 0.25) is 23.6 Å². The van der Waals surface area contributed by atoms with Gasteiger partial charge in [-0.3, -0.25) is 24.0 Å². The van der Waals surface area contributed by atoms with Crippen LogP contribution in [0.1, 0.15) is 66.2 Å². The third-order valence-corrected chi connectivity index (χ3v) is 6.24. The minimum absolute atomic E-state index is 0.142. The smallest absolute Gasteiger partial charge is 0.328 e. The molecule has 0 rings (SSSR count). The quantitative estimate of drug-likeness (QED) is 0.0719. The van der Waals surface area contributed by atoms with Crippen molar-refractivity contribution in [3.05, 3.63) is 0 Å². The number of rotatable bonds is 20. The zero-order valence-electron chi connectivity index (χ0n) is 23.6. The van der Waals surface area contributed by atoms with Crippen LogP contribution in [0.3, 0.4) is 0 Å². The Kier molecular flexibility index (Phi) is 17.3. The molecule has 15 nitrogen and oxygen atoms in total. The summed E-state index contributed by atoms with van der Waals surface area (Å²) in [7, 11) is 0. The molecule has 0 unspecified atom stereocenters. The molecule has 0 aliphatic carbocycles. The summed E-state index contributed by atoms with van der Waals surface area (Å²) in [6.07, 6.45) is 1.23. The molecule has 0 aliphatic rings. The predicted molar refractivity (Wildman–Crippen MR) is 144 cm³/mol. The molecule has 0 saturated heterocycles. The normalized spacial score (nSPS) is 15.6. The number of unbranched alkanes of at least 4 members (excludes halogenated alkanes) is 1. The van der Waals surface area contributed by atoms with E-state index in [2.05, 4.69) is 16.0 Å². The molecule has 0 radical (unpaired) electrons. The van der Waals surface area contributed by atoms with Gasteiger partial charge in [0.25, 0.3) is 0 Å². The van der Waals surface area contributed by atoms with Crippen LogP contribution in [0.5, 0.6) is 0 Å². The van der Waals surface area contributed by atoms with Gasteiger partial charge >= 0.3 is 11.9 Å². The number of nitrogens with two attached hydrogens (primary N) is 2. The summed E-state index contributed by atoms with van der Waals surface area (Å²) in [6, 6.07) is -6.52. The van der Waals surface area contributed by atoms with Crippen LogP contribution in [0, 0.1) is 11.8 Å². The lowest BCUT2D eigenvalue weighted by Crippen LogP contribution is -2.60. The van der Waals surface area contributed by atoms with Crippen LogP contribution in [0.25, 0.3) is 0 Å². The van der Waals surface area contributed by atoms with E-state index >= 15 is 0 Å². The lowest BCUT2D eigenvalue weighted by atomic mass is 9.96. The molecule has 0 fully saturated rings. The summed E-state index contributed by atoms with van der Waals surface area (Å²) < 4.78 is 0. The third-order valence-electron chi connectivity index (χ3n) is 6.24. The first kappa shape index (κ1) is 36.7. The van der Waals surface area contributed by atoms with Gasteiger partial charge in [0.05, 0.1) is 19.1 Å². The molecule has 15 heteroatoms. The van der Waals surface area contributed by atoms with Crippen LogP contribution in [-0.2, 0) is 28.8 Å². The average molecular weight is 575 g/mol. The van der Waals surface area contributed by atoms with Crippen molar-refractivity contribution in [2.24, 2.45) is 23.3 Å². The Balaban J connectivity index is 5.85. The van der Waals surface area contributed by atoms with Gasteiger partial charge in [-0.1, -0.05) is 34.1 Å². The van der Waals surface area contributed by atoms with Gasteiger partial charge < -0.3 is 48.1 Å². The number of hydrogen-bond donors (Lipinski definition) is 9. The van der Waals surface area contributed by atoms with Crippen molar-refractivity contribution in [1.29, 1.82) is 0 Å². The van der Waals surface area contributed by atoms with Crippen LogP contribution in [0.15, 0.2) is 0 Å². The summed E-state index contributed by atoms with van der Waals surface area (Å²) in [5.74, 6) is -6.58. The number of aliphatic hydroxyl groups excluding tert-OH is 1. The molecule has 4 amide bonds. The van der Waals surface area contributed by atoms with Gasteiger partial charge in [0.15, 0.2) is 0 Å². The number of amides is 4. The largest absolute Gasteiger partial charge is 0.481 e. The van der Waals surface area contributed by atoms with E-state index in [0.29, 0.717) is 32.2 Å². The fourth-order valence-corrected chi connectivity index (χ4v) is 3.71. The Labute approximate surface area is 234 Å². The number of hydrogen-bond acceptors (Lipinski definition) is 9. The summed E-state index contributed by atoms with van der Waals surface area (Å²) >= 11 is 0. The van der Waals surface area contributed by atoms with Gasteiger partial charge in [-0.2, -0.15) is 0 Å². The second kappa shape index (κ2) is 18.9. The fraction of sp³-hybridized carbons (Fsp3) is 0.760. The Morgan fingerprint density at radius 1 is 0.775 bits per heavy atom. The standard InChI is InChI=1S/C25H46N6O9/c1-5-14(4)20(24(38)29-17(11-19(33)34)23(37)30-18(12-32)25(39)40)31-22(36)16(8-6-7-9-26)28-21(35)15(27)10-13(2)3/h13-18,20,32H,5-12,26-27H2,1-4H3,(H,28,35)(H,29,38)(H,30,37)(H,31,36)(H,33,34)(H,39,40)/t14-,15-,16-,17-,18-,20-/m0/s1. The van der Waals surface area contributed by atoms with Crippen LogP contribution in [0.2, 0.25) is 0 Å². The number of carbonyl (C=O) groups is 6. The SMILES string of the molecule is CC[C@H](C)[C@H](NC(=O)[C@H](CCCCN)NC(=O)[C@@H](N)CC(C)C)C(=O)N[C@@H](CC(=O)O)C(=O)N[C@@H](CO)C(=O)O. The van der Waals surface area contributed by atoms with Gasteiger partial charge in [0.1, 0.15) is 24.2 Å². The molecule has 40 heavy (non-hydrogen) atoms. The number of carboxylic acids is 2. The molecular weight excluding hydrogens is 528 g/mol. The minimum atomic E-state index is -1.72. The third kappa shape index (κ3) is 13.7. The molecule has 0 aliphatic heterocycles. The van der Waals surface area contributed by atoms with Crippen LogP contribution >= 0.6 is 0 Å². The fourth-order valence-electron chi connectivity index (χ4n) is 3.71. The van der Waals surface area contributed by atoms with Gasteiger partial charge in [-0.05, 0) is 44.1 Å². The Bertz CT molecular complexity index is 870. The van der Waals surface area contributed by atoms with Crippen molar-refractivity contribution < 1.29 is 44.1 Å². The number of nitrogens with one attached hydrogen (secondary N) is 4. The van der Waals surface area contributed by atoms with E-state index in [-0.39, 0.29) is 12.3 Å². The Morgan fingerprint density at radius 2 is 1.32 bits per heavy atom. The first-order chi connectivity index (χ1) is 18.7. The first-order valence-corrected chi connectivity index (χ1v) is 13.4. The highest BCUT2D eigenvalue weighted by Crippen LogP contribution is 2.11. The predicted octanol–water partition coefficient (Wildman–Crippen LogP) is -1.97. The molecule has 0 saturated carbocycles. The Morgan fingerprint density at radius 3 is 1.80 bits per heavy atom. The van der Waals surface area contributed by atoms with E-state index in [1.54, 1.807) is 13.8 Å². The zero-order chi connectivity index (χ0) is 31.0. The van der Waals surface area contributed by atoms with Gasteiger partial charge in [0, 0.05) is 0 Å². The molecule has 0 aromatic carbocycles. The maximum absolute atomic E-state index is 13.3. The first-order valence-electron chi connectivity index (χ1n) is 13.4.